The standard InChI is InChI=1S/C14H22N2O3/c1-11(17)6-7-16(2)14(18)5-4-12-8-13(19-3)10-15-9-12/h8-11,17H,4-7H2,1-3H3. The molecular formula is C14H22N2O3. The van der Waals surface area contributed by atoms with Crippen molar-refractivity contribution in [1.29, 1.82) is 0 Å². The Kier molecular flexibility index (Phi) is 6.29. The van der Waals surface area contributed by atoms with Gasteiger partial charge < -0.3 is 14.7 Å². The van der Waals surface area contributed by atoms with Gasteiger partial charge in [-0.1, -0.05) is 0 Å². The van der Waals surface area contributed by atoms with Crippen LogP contribution < -0.4 is 4.74 Å². The number of hydrogen-bond acceptors (Lipinski definition) is 4. The van der Waals surface area contributed by atoms with Crippen LogP contribution in [0, 0.1) is 0 Å². The van der Waals surface area contributed by atoms with E-state index in [1.807, 2.05) is 6.07 Å². The van der Waals surface area contributed by atoms with Crippen molar-refractivity contribution in [2.45, 2.75) is 32.3 Å². The minimum atomic E-state index is -0.377. The second kappa shape index (κ2) is 7.74. The van der Waals surface area contributed by atoms with Gasteiger partial charge in [0, 0.05) is 26.2 Å². The zero-order valence-corrected chi connectivity index (χ0v) is 11.8. The molecule has 5 nitrogen and oxygen atoms in total. The minimum Gasteiger partial charge on any atom is -0.495 e. The van der Waals surface area contributed by atoms with Crippen LogP contribution in [0.25, 0.3) is 0 Å². The van der Waals surface area contributed by atoms with Gasteiger partial charge in [0.2, 0.25) is 5.91 Å². The summed E-state index contributed by atoms with van der Waals surface area (Å²) in [6.45, 7) is 2.30. The summed E-state index contributed by atoms with van der Waals surface area (Å²) < 4.78 is 5.09. The molecule has 1 amide bonds. The van der Waals surface area contributed by atoms with E-state index in [-0.39, 0.29) is 12.0 Å². The normalized spacial score (nSPS) is 12.0. The van der Waals surface area contributed by atoms with Crippen LogP contribution in [0.3, 0.4) is 0 Å². The third kappa shape index (κ3) is 5.70. The topological polar surface area (TPSA) is 62.7 Å². The number of aliphatic hydroxyl groups excluding tert-OH is 1. The van der Waals surface area contributed by atoms with Crippen molar-refractivity contribution in [3.8, 4) is 5.75 Å². The molecule has 1 unspecified atom stereocenters. The van der Waals surface area contributed by atoms with Gasteiger partial charge in [0.05, 0.1) is 19.4 Å². The third-order valence-corrected chi connectivity index (χ3v) is 2.94. The Balaban J connectivity index is 2.40. The first kappa shape index (κ1) is 15.4. The molecule has 1 heterocycles. The number of aromatic nitrogens is 1. The number of ether oxygens (including phenoxy) is 1. The molecule has 0 aliphatic heterocycles. The lowest BCUT2D eigenvalue weighted by Gasteiger charge is -2.18. The minimum absolute atomic E-state index is 0.0727. The second-order valence-electron chi connectivity index (χ2n) is 4.69. The van der Waals surface area contributed by atoms with Crippen LogP contribution in [0.2, 0.25) is 0 Å². The van der Waals surface area contributed by atoms with Crippen LogP contribution in [0.1, 0.15) is 25.3 Å². The largest absolute Gasteiger partial charge is 0.495 e. The Morgan fingerprint density at radius 2 is 2.26 bits per heavy atom. The summed E-state index contributed by atoms with van der Waals surface area (Å²) in [6, 6.07) is 1.88. The summed E-state index contributed by atoms with van der Waals surface area (Å²) in [4.78, 5) is 17.6. The molecule has 1 aromatic rings. The Bertz CT molecular complexity index is 407. The van der Waals surface area contributed by atoms with Crippen LogP contribution in [-0.4, -0.2) is 47.7 Å². The highest BCUT2D eigenvalue weighted by atomic mass is 16.5. The number of amides is 1. The van der Waals surface area contributed by atoms with Gasteiger partial charge in [0.1, 0.15) is 5.75 Å². The van der Waals surface area contributed by atoms with E-state index in [1.165, 1.54) is 0 Å². The molecule has 0 fully saturated rings. The summed E-state index contributed by atoms with van der Waals surface area (Å²) in [6.07, 6.45) is 4.68. The lowest BCUT2D eigenvalue weighted by molar-refractivity contribution is -0.130. The number of methoxy groups -OCH3 is 1. The van der Waals surface area contributed by atoms with E-state index >= 15 is 0 Å². The van der Waals surface area contributed by atoms with Crippen LogP contribution in [0.4, 0.5) is 0 Å². The zero-order valence-electron chi connectivity index (χ0n) is 11.8. The van der Waals surface area contributed by atoms with Crippen molar-refractivity contribution >= 4 is 5.91 Å². The number of nitrogens with zero attached hydrogens (tertiary/aromatic N) is 2. The molecule has 106 valence electrons. The number of aryl methyl sites for hydroxylation is 1. The first-order valence-corrected chi connectivity index (χ1v) is 6.43. The highest BCUT2D eigenvalue weighted by Gasteiger charge is 2.10. The predicted molar refractivity (Wildman–Crippen MR) is 73.0 cm³/mol. The summed E-state index contributed by atoms with van der Waals surface area (Å²) in [5.74, 6) is 0.774. The maximum absolute atomic E-state index is 11.9. The van der Waals surface area contributed by atoms with E-state index in [1.54, 1.807) is 38.4 Å². The molecule has 1 aromatic heterocycles. The summed E-state index contributed by atoms with van der Waals surface area (Å²) in [5, 5.41) is 9.19. The Hall–Kier alpha value is -1.62. The molecule has 0 aliphatic carbocycles. The molecule has 1 N–H and O–H groups in total. The predicted octanol–water partition coefficient (Wildman–Crippen LogP) is 1.25. The fourth-order valence-corrected chi connectivity index (χ4v) is 1.66. The van der Waals surface area contributed by atoms with E-state index in [9.17, 15) is 9.90 Å². The summed E-state index contributed by atoms with van der Waals surface area (Å²) in [7, 11) is 3.35. The van der Waals surface area contributed by atoms with Crippen molar-refractivity contribution in [3.05, 3.63) is 24.0 Å². The SMILES string of the molecule is COc1cncc(CCC(=O)N(C)CCC(C)O)c1. The van der Waals surface area contributed by atoms with Crippen LogP contribution in [-0.2, 0) is 11.2 Å². The van der Waals surface area contributed by atoms with Crippen molar-refractivity contribution < 1.29 is 14.6 Å². The van der Waals surface area contributed by atoms with Crippen LogP contribution in [0.15, 0.2) is 18.5 Å². The van der Waals surface area contributed by atoms with Crippen molar-refractivity contribution in [2.75, 3.05) is 20.7 Å². The molecular weight excluding hydrogens is 244 g/mol. The number of pyridine rings is 1. The molecule has 0 aromatic carbocycles. The van der Waals surface area contributed by atoms with E-state index in [0.717, 1.165) is 5.56 Å². The molecule has 0 saturated heterocycles. The number of hydrogen-bond donors (Lipinski definition) is 1. The first-order valence-electron chi connectivity index (χ1n) is 6.43. The van der Waals surface area contributed by atoms with Crippen LogP contribution in [0.5, 0.6) is 5.75 Å². The van der Waals surface area contributed by atoms with Gasteiger partial charge in [-0.05, 0) is 31.4 Å². The molecule has 1 rings (SSSR count). The molecule has 19 heavy (non-hydrogen) atoms. The molecule has 0 bridgehead atoms. The maximum Gasteiger partial charge on any atom is 0.222 e. The fourth-order valence-electron chi connectivity index (χ4n) is 1.66. The van der Waals surface area contributed by atoms with Crippen molar-refractivity contribution in [1.82, 2.24) is 9.88 Å². The fraction of sp³-hybridized carbons (Fsp3) is 0.571. The van der Waals surface area contributed by atoms with Gasteiger partial charge in [-0.2, -0.15) is 0 Å². The van der Waals surface area contributed by atoms with Gasteiger partial charge >= 0.3 is 0 Å². The maximum atomic E-state index is 11.9. The lowest BCUT2D eigenvalue weighted by atomic mass is 10.1. The van der Waals surface area contributed by atoms with Gasteiger partial charge in [0.25, 0.3) is 0 Å². The van der Waals surface area contributed by atoms with Crippen LogP contribution >= 0.6 is 0 Å². The number of aliphatic hydroxyl groups is 1. The number of rotatable bonds is 7. The van der Waals surface area contributed by atoms with E-state index < -0.39 is 0 Å². The molecule has 0 saturated carbocycles. The third-order valence-electron chi connectivity index (χ3n) is 2.94. The molecule has 0 radical (unpaired) electrons. The average molecular weight is 266 g/mol. The summed E-state index contributed by atoms with van der Waals surface area (Å²) in [5.41, 5.74) is 0.983. The first-order chi connectivity index (χ1) is 9.02. The van der Waals surface area contributed by atoms with Crippen molar-refractivity contribution in [3.63, 3.8) is 0 Å². The van der Waals surface area contributed by atoms with E-state index in [4.69, 9.17) is 4.74 Å². The smallest absolute Gasteiger partial charge is 0.222 e. The Labute approximate surface area is 114 Å². The second-order valence-corrected chi connectivity index (χ2v) is 4.69. The monoisotopic (exact) mass is 266 g/mol. The Morgan fingerprint density at radius 3 is 2.89 bits per heavy atom. The highest BCUT2D eigenvalue weighted by molar-refractivity contribution is 5.76. The lowest BCUT2D eigenvalue weighted by Crippen LogP contribution is -2.29. The number of carbonyl (C=O) groups excluding carboxylic acids is 1. The number of carbonyl (C=O) groups is 1. The van der Waals surface area contributed by atoms with Gasteiger partial charge in [-0.3, -0.25) is 9.78 Å². The Morgan fingerprint density at radius 1 is 1.53 bits per heavy atom. The molecule has 0 spiro atoms. The molecule has 0 aliphatic rings. The quantitative estimate of drug-likeness (QED) is 0.807. The van der Waals surface area contributed by atoms with Crippen molar-refractivity contribution in [2.24, 2.45) is 0 Å². The van der Waals surface area contributed by atoms with Gasteiger partial charge in [-0.15, -0.1) is 0 Å². The van der Waals surface area contributed by atoms with E-state index in [2.05, 4.69) is 4.98 Å². The molecule has 1 atom stereocenters. The highest BCUT2D eigenvalue weighted by Crippen LogP contribution is 2.12. The zero-order chi connectivity index (χ0) is 14.3. The van der Waals surface area contributed by atoms with Gasteiger partial charge in [-0.25, -0.2) is 0 Å². The average Bonchev–Trinajstić information content (AvgIpc) is 2.42. The van der Waals surface area contributed by atoms with E-state index in [0.29, 0.717) is 31.6 Å². The van der Waals surface area contributed by atoms with Gasteiger partial charge in [0.15, 0.2) is 0 Å². The molecule has 5 heteroatoms. The summed E-state index contributed by atoms with van der Waals surface area (Å²) >= 11 is 0.